The van der Waals surface area contributed by atoms with Gasteiger partial charge in [-0.05, 0) is 42.8 Å². The van der Waals surface area contributed by atoms with Gasteiger partial charge in [-0.3, -0.25) is 0 Å². The molecule has 0 aromatic carbocycles. The highest BCUT2D eigenvalue weighted by molar-refractivity contribution is 5.38. The van der Waals surface area contributed by atoms with Crippen LogP contribution in [0, 0.1) is 10.1 Å². The lowest BCUT2D eigenvalue weighted by Crippen LogP contribution is -2.38. The lowest BCUT2D eigenvalue weighted by Gasteiger charge is -2.20. The van der Waals surface area contributed by atoms with Gasteiger partial charge in [-0.25, -0.2) is 0 Å². The van der Waals surface area contributed by atoms with Crippen LogP contribution in [0.1, 0.15) is 20.8 Å². The summed E-state index contributed by atoms with van der Waals surface area (Å²) in [6.07, 6.45) is 1.37. The molecule has 17 heavy (non-hydrogen) atoms. The van der Waals surface area contributed by atoms with Crippen LogP contribution in [0.3, 0.4) is 0 Å². The summed E-state index contributed by atoms with van der Waals surface area (Å²) in [5.41, 5.74) is 0.00420. The van der Waals surface area contributed by atoms with E-state index >= 15 is 0 Å². The molecule has 0 bridgehead atoms. The summed E-state index contributed by atoms with van der Waals surface area (Å²) in [4.78, 5) is 13.8. The Bertz CT molecular complexity index is 388. The maximum atomic E-state index is 10.7. The molecule has 0 aliphatic carbocycles. The largest absolute Gasteiger partial charge is 0.484 e. The number of pyridine rings is 1. The first-order valence-corrected chi connectivity index (χ1v) is 5.37. The standard InChI is InChI=1S/C11H17N3O3/c1-11(2,3)13-7-8-17-9-5-4-6-12-10(9)14(15)16/h4-6,13H,7-8H2,1-3H3. The van der Waals surface area contributed by atoms with E-state index in [1.807, 2.05) is 20.8 Å². The molecule has 1 aromatic rings. The van der Waals surface area contributed by atoms with E-state index in [4.69, 9.17) is 4.74 Å². The van der Waals surface area contributed by atoms with Gasteiger partial charge in [-0.2, -0.15) is 0 Å². The first-order chi connectivity index (χ1) is 7.90. The van der Waals surface area contributed by atoms with Crippen molar-refractivity contribution in [3.8, 4) is 5.75 Å². The molecular weight excluding hydrogens is 222 g/mol. The Balaban J connectivity index is 2.49. The molecule has 1 N–H and O–H groups in total. The van der Waals surface area contributed by atoms with Gasteiger partial charge in [0.25, 0.3) is 0 Å². The van der Waals surface area contributed by atoms with Crippen LogP contribution in [-0.2, 0) is 0 Å². The first kappa shape index (κ1) is 13.4. The van der Waals surface area contributed by atoms with Crippen LogP contribution >= 0.6 is 0 Å². The molecule has 94 valence electrons. The van der Waals surface area contributed by atoms with Crippen molar-refractivity contribution < 1.29 is 9.66 Å². The van der Waals surface area contributed by atoms with Gasteiger partial charge in [0.1, 0.15) is 12.8 Å². The number of aromatic nitrogens is 1. The number of nitrogens with zero attached hydrogens (tertiary/aromatic N) is 2. The van der Waals surface area contributed by atoms with Crippen molar-refractivity contribution in [3.63, 3.8) is 0 Å². The normalized spacial score (nSPS) is 11.2. The van der Waals surface area contributed by atoms with Crippen molar-refractivity contribution >= 4 is 5.82 Å². The van der Waals surface area contributed by atoms with Crippen molar-refractivity contribution in [2.45, 2.75) is 26.3 Å². The molecule has 0 radical (unpaired) electrons. The molecule has 1 rings (SSSR count). The van der Waals surface area contributed by atoms with Crippen molar-refractivity contribution in [2.75, 3.05) is 13.2 Å². The first-order valence-electron chi connectivity index (χ1n) is 5.37. The summed E-state index contributed by atoms with van der Waals surface area (Å²) in [7, 11) is 0. The lowest BCUT2D eigenvalue weighted by atomic mass is 10.1. The second-order valence-electron chi connectivity index (χ2n) is 4.61. The summed E-state index contributed by atoms with van der Waals surface area (Å²) >= 11 is 0. The van der Waals surface area contributed by atoms with E-state index in [1.54, 1.807) is 12.1 Å². The molecule has 0 saturated carbocycles. The summed E-state index contributed by atoms with van der Waals surface area (Å²) < 4.78 is 5.33. The Morgan fingerprint density at radius 2 is 2.24 bits per heavy atom. The summed E-state index contributed by atoms with van der Waals surface area (Å²) in [6.45, 7) is 7.11. The van der Waals surface area contributed by atoms with Crippen LogP contribution in [0.25, 0.3) is 0 Å². The van der Waals surface area contributed by atoms with Gasteiger partial charge in [-0.15, -0.1) is 0 Å². The average molecular weight is 239 g/mol. The Labute approximate surface area is 100 Å². The minimum absolute atomic E-state index is 0.00420. The second kappa shape index (κ2) is 5.58. The number of rotatable bonds is 5. The average Bonchev–Trinajstić information content (AvgIpc) is 2.23. The minimum Gasteiger partial charge on any atom is -0.484 e. The van der Waals surface area contributed by atoms with E-state index < -0.39 is 4.92 Å². The molecule has 0 atom stereocenters. The molecule has 1 aromatic heterocycles. The van der Waals surface area contributed by atoms with Gasteiger partial charge in [0.15, 0.2) is 0 Å². The van der Waals surface area contributed by atoms with Gasteiger partial charge in [-0.1, -0.05) is 0 Å². The molecule has 0 aliphatic heterocycles. The van der Waals surface area contributed by atoms with Gasteiger partial charge >= 0.3 is 5.82 Å². The predicted molar refractivity (Wildman–Crippen MR) is 64.1 cm³/mol. The van der Waals surface area contributed by atoms with Gasteiger partial charge < -0.3 is 20.2 Å². The van der Waals surface area contributed by atoms with Gasteiger partial charge in [0.05, 0.1) is 0 Å². The van der Waals surface area contributed by atoms with Crippen LogP contribution < -0.4 is 10.1 Å². The Kier molecular flexibility index (Phi) is 4.39. The maximum Gasteiger partial charge on any atom is 0.406 e. The molecule has 6 nitrogen and oxygen atoms in total. The third-order valence-corrected chi connectivity index (χ3v) is 1.94. The number of nitro groups is 1. The van der Waals surface area contributed by atoms with Crippen molar-refractivity contribution in [1.82, 2.24) is 10.3 Å². The van der Waals surface area contributed by atoms with E-state index in [-0.39, 0.29) is 17.1 Å². The summed E-state index contributed by atoms with van der Waals surface area (Å²) in [5.74, 6) is -0.0449. The molecular formula is C11H17N3O3. The van der Waals surface area contributed by atoms with E-state index in [9.17, 15) is 10.1 Å². The highest BCUT2D eigenvalue weighted by Crippen LogP contribution is 2.22. The summed E-state index contributed by atoms with van der Waals surface area (Å²) in [5, 5.41) is 13.9. The van der Waals surface area contributed by atoms with Crippen LogP contribution in [-0.4, -0.2) is 28.6 Å². The number of nitrogens with one attached hydrogen (secondary N) is 1. The predicted octanol–water partition coefficient (Wildman–Crippen LogP) is 1.76. The minimum atomic E-state index is -0.549. The zero-order valence-corrected chi connectivity index (χ0v) is 10.3. The quantitative estimate of drug-likeness (QED) is 0.481. The Morgan fingerprint density at radius 3 is 2.82 bits per heavy atom. The SMILES string of the molecule is CC(C)(C)NCCOc1cccnc1[N+](=O)[O-]. The highest BCUT2D eigenvalue weighted by atomic mass is 16.6. The fourth-order valence-electron chi connectivity index (χ4n) is 1.22. The van der Waals surface area contributed by atoms with Gasteiger partial charge in [0.2, 0.25) is 5.75 Å². The van der Waals surface area contributed by atoms with Crippen molar-refractivity contribution in [2.24, 2.45) is 0 Å². The fourth-order valence-corrected chi connectivity index (χ4v) is 1.22. The Hall–Kier alpha value is -1.69. The molecule has 0 spiro atoms. The van der Waals surface area contributed by atoms with E-state index in [1.165, 1.54) is 6.20 Å². The zero-order chi connectivity index (χ0) is 12.9. The van der Waals surface area contributed by atoms with E-state index in [2.05, 4.69) is 10.3 Å². The van der Waals surface area contributed by atoms with Crippen LogP contribution in [0.15, 0.2) is 18.3 Å². The fraction of sp³-hybridized carbons (Fsp3) is 0.545. The topological polar surface area (TPSA) is 77.3 Å². The van der Waals surface area contributed by atoms with Crippen LogP contribution in [0.5, 0.6) is 5.75 Å². The second-order valence-corrected chi connectivity index (χ2v) is 4.61. The number of ether oxygens (including phenoxy) is 1. The molecule has 0 aliphatic rings. The van der Waals surface area contributed by atoms with E-state index in [0.29, 0.717) is 13.2 Å². The maximum absolute atomic E-state index is 10.7. The molecule has 6 heteroatoms. The lowest BCUT2D eigenvalue weighted by molar-refractivity contribution is -0.390. The molecule has 0 amide bonds. The van der Waals surface area contributed by atoms with Crippen molar-refractivity contribution in [3.05, 3.63) is 28.4 Å². The summed E-state index contributed by atoms with van der Waals surface area (Å²) in [6, 6.07) is 3.15. The number of hydrogen-bond donors (Lipinski definition) is 1. The zero-order valence-electron chi connectivity index (χ0n) is 10.3. The molecule has 0 saturated heterocycles. The monoisotopic (exact) mass is 239 g/mol. The highest BCUT2D eigenvalue weighted by Gasteiger charge is 2.15. The number of hydrogen-bond acceptors (Lipinski definition) is 5. The smallest absolute Gasteiger partial charge is 0.406 e. The van der Waals surface area contributed by atoms with Crippen molar-refractivity contribution in [1.29, 1.82) is 0 Å². The third kappa shape index (κ3) is 4.78. The van der Waals surface area contributed by atoms with Crippen LogP contribution in [0.4, 0.5) is 5.82 Å². The Morgan fingerprint density at radius 1 is 1.53 bits per heavy atom. The van der Waals surface area contributed by atoms with E-state index in [0.717, 1.165) is 0 Å². The molecule has 1 heterocycles. The molecule has 0 fully saturated rings. The van der Waals surface area contributed by atoms with Gasteiger partial charge in [0, 0.05) is 12.1 Å². The molecule has 0 unspecified atom stereocenters. The van der Waals surface area contributed by atoms with Crippen LogP contribution in [0.2, 0.25) is 0 Å². The third-order valence-electron chi connectivity index (χ3n) is 1.94.